The number of nitrogens with zero attached hydrogens (tertiary/aromatic N) is 4. The Hall–Kier alpha value is -1.24. The van der Waals surface area contributed by atoms with E-state index < -0.39 is 0 Å². The maximum atomic E-state index is 5.99. The smallest absolute Gasteiger partial charge is 0.158 e. The van der Waals surface area contributed by atoms with Crippen molar-refractivity contribution < 1.29 is 4.74 Å². The van der Waals surface area contributed by atoms with Gasteiger partial charge in [-0.1, -0.05) is 11.6 Å². The lowest BCUT2D eigenvalue weighted by Gasteiger charge is -2.17. The van der Waals surface area contributed by atoms with Crippen LogP contribution in [-0.2, 0) is 17.9 Å². The van der Waals surface area contributed by atoms with Crippen molar-refractivity contribution in [2.45, 2.75) is 20.1 Å². The van der Waals surface area contributed by atoms with Crippen molar-refractivity contribution in [3.05, 3.63) is 33.1 Å². The molecule has 5 nitrogen and oxygen atoms in total. The number of ether oxygens (including phenoxy) is 1. The highest BCUT2D eigenvalue weighted by atomic mass is 35.5. The number of halogens is 1. The second kappa shape index (κ2) is 6.27. The van der Waals surface area contributed by atoms with Crippen LogP contribution in [0.5, 0.6) is 0 Å². The van der Waals surface area contributed by atoms with Crippen LogP contribution in [0, 0.1) is 6.92 Å². The maximum Gasteiger partial charge on any atom is 0.158 e. The molecule has 0 saturated heterocycles. The Morgan fingerprint density at radius 1 is 1.37 bits per heavy atom. The van der Waals surface area contributed by atoms with Gasteiger partial charge in [0.2, 0.25) is 0 Å². The van der Waals surface area contributed by atoms with E-state index in [0.29, 0.717) is 24.1 Å². The minimum atomic E-state index is 0.344. The highest BCUT2D eigenvalue weighted by molar-refractivity contribution is 7.09. The van der Waals surface area contributed by atoms with E-state index in [9.17, 15) is 0 Å². The number of anilines is 1. The second-order valence-corrected chi connectivity index (χ2v) is 5.56. The first-order chi connectivity index (χ1) is 9.08. The quantitative estimate of drug-likeness (QED) is 0.794. The minimum absolute atomic E-state index is 0.344. The van der Waals surface area contributed by atoms with Gasteiger partial charge in [0.05, 0.1) is 17.2 Å². The molecule has 0 aliphatic carbocycles. The molecule has 0 saturated carbocycles. The van der Waals surface area contributed by atoms with Crippen LogP contribution < -0.4 is 4.90 Å². The summed E-state index contributed by atoms with van der Waals surface area (Å²) in [5.74, 6) is 1.34. The summed E-state index contributed by atoms with van der Waals surface area (Å²) in [6.07, 6.45) is 0. The van der Waals surface area contributed by atoms with Gasteiger partial charge in [0.1, 0.15) is 17.6 Å². The summed E-state index contributed by atoms with van der Waals surface area (Å²) in [6, 6.07) is 1.74. The molecule has 2 aromatic heterocycles. The third-order valence-electron chi connectivity index (χ3n) is 2.46. The number of aryl methyl sites for hydroxylation is 1. The molecule has 102 valence electrons. The van der Waals surface area contributed by atoms with Crippen molar-refractivity contribution in [3.63, 3.8) is 0 Å². The van der Waals surface area contributed by atoms with E-state index in [1.165, 1.54) is 0 Å². The predicted molar refractivity (Wildman–Crippen MR) is 76.7 cm³/mol. The molecule has 0 amide bonds. The lowest BCUT2D eigenvalue weighted by molar-refractivity contribution is 0.178. The summed E-state index contributed by atoms with van der Waals surface area (Å²) >= 11 is 7.63. The van der Waals surface area contributed by atoms with E-state index in [4.69, 9.17) is 16.3 Å². The molecule has 0 bridgehead atoms. The van der Waals surface area contributed by atoms with E-state index in [-0.39, 0.29) is 0 Å². The Morgan fingerprint density at radius 2 is 2.16 bits per heavy atom. The summed E-state index contributed by atoms with van der Waals surface area (Å²) in [7, 11) is 3.55. The number of hydrogen-bond acceptors (Lipinski definition) is 6. The van der Waals surface area contributed by atoms with Gasteiger partial charge in [-0.3, -0.25) is 0 Å². The van der Waals surface area contributed by atoms with Gasteiger partial charge in [0, 0.05) is 25.6 Å². The summed E-state index contributed by atoms with van der Waals surface area (Å²) < 4.78 is 5.03. The molecule has 2 aromatic rings. The van der Waals surface area contributed by atoms with Gasteiger partial charge < -0.3 is 9.64 Å². The molecule has 0 fully saturated rings. The Bertz CT molecular complexity index is 560. The van der Waals surface area contributed by atoms with E-state index in [0.717, 1.165) is 16.5 Å². The lowest BCUT2D eigenvalue weighted by atomic mass is 10.4. The fourth-order valence-corrected chi connectivity index (χ4v) is 2.44. The summed E-state index contributed by atoms with van der Waals surface area (Å²) in [5, 5.41) is 3.52. The van der Waals surface area contributed by atoms with Crippen molar-refractivity contribution in [3.8, 4) is 0 Å². The van der Waals surface area contributed by atoms with Crippen LogP contribution >= 0.6 is 22.9 Å². The van der Waals surface area contributed by atoms with Crippen LogP contribution in [0.1, 0.15) is 16.5 Å². The molecule has 2 heterocycles. The topological polar surface area (TPSA) is 51.1 Å². The molecule has 0 N–H and O–H groups in total. The molecule has 0 aromatic carbocycles. The summed E-state index contributed by atoms with van der Waals surface area (Å²) in [5.41, 5.74) is 1.02. The minimum Gasteiger partial charge on any atom is -0.377 e. The molecule has 0 spiro atoms. The first-order valence-corrected chi connectivity index (χ1v) is 6.99. The number of thiazole rings is 1. The standard InChI is InChI=1S/C12H15ClN4OS/c1-8-14-9(7-19-8)5-17(2)12-4-10(13)15-11(16-12)6-18-3/h4,7H,5-6H2,1-3H3. The third-order valence-corrected chi connectivity index (χ3v) is 3.47. The SMILES string of the molecule is COCc1nc(Cl)cc(N(C)Cc2csc(C)n2)n1. The second-order valence-electron chi connectivity index (χ2n) is 4.11. The monoisotopic (exact) mass is 298 g/mol. The molecule has 0 atom stereocenters. The van der Waals surface area contributed by atoms with Gasteiger partial charge >= 0.3 is 0 Å². The van der Waals surface area contributed by atoms with Gasteiger partial charge in [0.15, 0.2) is 5.82 Å². The molecule has 19 heavy (non-hydrogen) atoms. The molecule has 7 heteroatoms. The van der Waals surface area contributed by atoms with Gasteiger partial charge in [-0.15, -0.1) is 11.3 Å². The van der Waals surface area contributed by atoms with Crippen LogP contribution in [0.2, 0.25) is 5.15 Å². The van der Waals surface area contributed by atoms with Crippen molar-refractivity contribution in [2.24, 2.45) is 0 Å². The zero-order chi connectivity index (χ0) is 13.8. The molecule has 0 radical (unpaired) electrons. The molecule has 0 aliphatic rings. The van der Waals surface area contributed by atoms with Crippen molar-refractivity contribution >= 4 is 28.8 Å². The summed E-state index contributed by atoms with van der Waals surface area (Å²) in [4.78, 5) is 14.9. The van der Waals surface area contributed by atoms with E-state index in [1.54, 1.807) is 24.5 Å². The number of rotatable bonds is 5. The van der Waals surface area contributed by atoms with Crippen molar-refractivity contribution in [2.75, 3.05) is 19.1 Å². The first kappa shape index (κ1) is 14.2. The van der Waals surface area contributed by atoms with Crippen LogP contribution in [0.25, 0.3) is 0 Å². The first-order valence-electron chi connectivity index (χ1n) is 5.73. The maximum absolute atomic E-state index is 5.99. The Kier molecular flexibility index (Phi) is 4.68. The number of aromatic nitrogens is 3. The largest absolute Gasteiger partial charge is 0.377 e. The predicted octanol–water partition coefficient (Wildman–Crippen LogP) is 2.68. The molecule has 2 rings (SSSR count). The lowest BCUT2D eigenvalue weighted by Crippen LogP contribution is -2.19. The van der Waals surface area contributed by atoms with Crippen LogP contribution in [0.15, 0.2) is 11.4 Å². The van der Waals surface area contributed by atoms with E-state index >= 15 is 0 Å². The summed E-state index contributed by atoms with van der Waals surface area (Å²) in [6.45, 7) is 3.02. The zero-order valence-corrected chi connectivity index (χ0v) is 12.6. The molecule has 0 unspecified atom stereocenters. The normalized spacial score (nSPS) is 10.7. The van der Waals surface area contributed by atoms with Crippen molar-refractivity contribution in [1.29, 1.82) is 0 Å². The Balaban J connectivity index is 2.15. The van der Waals surface area contributed by atoms with Gasteiger partial charge in [-0.05, 0) is 6.92 Å². The number of hydrogen-bond donors (Lipinski definition) is 0. The van der Waals surface area contributed by atoms with E-state index in [2.05, 4.69) is 15.0 Å². The Labute approximate surface area is 121 Å². The fourth-order valence-electron chi connectivity index (χ4n) is 1.65. The van der Waals surface area contributed by atoms with Crippen LogP contribution in [0.3, 0.4) is 0 Å². The highest BCUT2D eigenvalue weighted by Gasteiger charge is 2.09. The molecular formula is C12H15ClN4OS. The van der Waals surface area contributed by atoms with Gasteiger partial charge in [0.25, 0.3) is 0 Å². The number of methoxy groups -OCH3 is 1. The fraction of sp³-hybridized carbons (Fsp3) is 0.417. The van der Waals surface area contributed by atoms with Crippen LogP contribution in [0.4, 0.5) is 5.82 Å². The zero-order valence-electron chi connectivity index (χ0n) is 11.1. The third kappa shape index (κ3) is 3.86. The van der Waals surface area contributed by atoms with Crippen molar-refractivity contribution in [1.82, 2.24) is 15.0 Å². The van der Waals surface area contributed by atoms with E-state index in [1.807, 2.05) is 24.3 Å². The van der Waals surface area contributed by atoms with Gasteiger partial charge in [-0.25, -0.2) is 15.0 Å². The Morgan fingerprint density at radius 3 is 2.79 bits per heavy atom. The average molecular weight is 299 g/mol. The van der Waals surface area contributed by atoms with Gasteiger partial charge in [-0.2, -0.15) is 0 Å². The molecule has 0 aliphatic heterocycles. The average Bonchev–Trinajstić information content (AvgIpc) is 2.74. The highest BCUT2D eigenvalue weighted by Crippen LogP contribution is 2.18. The molecular weight excluding hydrogens is 284 g/mol. The van der Waals surface area contributed by atoms with Crippen LogP contribution in [-0.4, -0.2) is 29.1 Å².